The number of carbonyl (C=O) groups excluding carboxylic acids is 5. The summed E-state index contributed by atoms with van der Waals surface area (Å²) in [6, 6.07) is 63.4. The number of nitrogens with zero attached hydrogens (tertiary/aromatic N) is 3. The van der Waals surface area contributed by atoms with E-state index in [0.717, 1.165) is 142 Å². The van der Waals surface area contributed by atoms with Crippen molar-refractivity contribution in [3.05, 3.63) is 328 Å². The van der Waals surface area contributed by atoms with Gasteiger partial charge in [0.2, 0.25) is 5.91 Å². The fraction of sp³-hybridized carbons (Fsp3) is 0.172. The summed E-state index contributed by atoms with van der Waals surface area (Å²) in [5.74, 6) is 3.96. The van der Waals surface area contributed by atoms with Crippen LogP contribution in [-0.2, 0) is 84.0 Å². The van der Waals surface area contributed by atoms with E-state index in [4.69, 9.17) is 14.2 Å². The molecule has 108 heavy (non-hydrogen) atoms. The molecule has 0 bridgehead atoms. The maximum absolute atomic E-state index is 11.7. The highest BCUT2D eigenvalue weighted by molar-refractivity contribution is 5.99. The van der Waals surface area contributed by atoms with Crippen LogP contribution in [0.2, 0.25) is 0 Å². The zero-order chi connectivity index (χ0) is 75.4. The molecule has 0 radical (unpaired) electrons. The predicted octanol–water partition coefficient (Wildman–Crippen LogP) is 15.8. The number of methoxy groups -OCH3 is 2. The summed E-state index contributed by atoms with van der Waals surface area (Å²) in [7, 11) is 4.36. The molecule has 21 nitrogen and oxygen atoms in total. The van der Waals surface area contributed by atoms with Gasteiger partial charge < -0.3 is 71.7 Å². The van der Waals surface area contributed by atoms with Gasteiger partial charge in [0.1, 0.15) is 47.1 Å². The molecule has 9 N–H and O–H groups in total. The van der Waals surface area contributed by atoms with E-state index >= 15 is 0 Å². The molecule has 0 atom stereocenters. The van der Waals surface area contributed by atoms with Crippen LogP contribution in [0.4, 0.5) is 51.2 Å². The van der Waals surface area contributed by atoms with Gasteiger partial charge in [-0.1, -0.05) is 99.1 Å². The van der Waals surface area contributed by atoms with Crippen molar-refractivity contribution in [3.8, 4) is 17.2 Å². The third-order valence-corrected chi connectivity index (χ3v) is 18.7. The predicted molar refractivity (Wildman–Crippen MR) is 426 cm³/mol. The van der Waals surface area contributed by atoms with Gasteiger partial charge in [-0.15, -0.1) is 0 Å². The monoisotopic (exact) mass is 1440 g/mol. The van der Waals surface area contributed by atoms with Crippen LogP contribution in [0, 0.1) is 0 Å². The summed E-state index contributed by atoms with van der Waals surface area (Å²) in [5, 5.41) is 27.7. The summed E-state index contributed by atoms with van der Waals surface area (Å²) in [5.41, 5.74) is 25.3. The first-order valence-electron chi connectivity index (χ1n) is 35.4. The molecular formula is C87H84N12O9. The molecule has 0 fully saturated rings. The van der Waals surface area contributed by atoms with Gasteiger partial charge >= 0.3 is 11.9 Å². The first kappa shape index (κ1) is 72.9. The average molecular weight is 1440 g/mol. The molecule has 21 heteroatoms. The fourth-order valence-electron chi connectivity index (χ4n) is 13.5. The summed E-state index contributed by atoms with van der Waals surface area (Å²) in [6.45, 7) is 22.4. The number of aromatic nitrogens is 1. The number of nitrogens with one attached hydrogen (secondary N) is 9. The number of Topliss-reactive ketones (excluding diaryl/α,β-unsaturated/α-hetero) is 1. The van der Waals surface area contributed by atoms with Crippen LogP contribution >= 0.6 is 0 Å². The van der Waals surface area contributed by atoms with Crippen molar-refractivity contribution in [1.82, 2.24) is 15.2 Å². The second-order valence-electron chi connectivity index (χ2n) is 26.9. The molecule has 8 heterocycles. The first-order valence-corrected chi connectivity index (χ1v) is 35.4. The molecule has 1 aromatic heterocycles. The van der Waals surface area contributed by atoms with Crippen molar-refractivity contribution in [2.75, 3.05) is 75.2 Å². The van der Waals surface area contributed by atoms with Crippen LogP contribution in [-0.4, -0.2) is 67.2 Å². The Morgan fingerprint density at radius 1 is 0.481 bits per heavy atom. The molecule has 2 amide bonds. The number of anilines is 9. The van der Waals surface area contributed by atoms with Crippen molar-refractivity contribution < 1.29 is 42.9 Å². The number of ketones is 1. The summed E-state index contributed by atoms with van der Waals surface area (Å²) in [6.07, 6.45) is 5.13. The van der Waals surface area contributed by atoms with Crippen LogP contribution in [0.25, 0.3) is 0 Å². The van der Waals surface area contributed by atoms with Gasteiger partial charge in [0.25, 0.3) is 5.91 Å². The Bertz CT molecular complexity index is 5030. The highest BCUT2D eigenvalue weighted by Crippen LogP contribution is 2.38. The lowest BCUT2D eigenvalue weighted by atomic mass is 10.0. The maximum atomic E-state index is 11.7. The van der Waals surface area contributed by atoms with Gasteiger partial charge in [0.15, 0.2) is 0 Å². The molecule has 0 saturated carbocycles. The number of allylic oxidation sites excluding steroid dienone is 1. The molecule has 0 saturated heterocycles. The van der Waals surface area contributed by atoms with Crippen LogP contribution in [0.1, 0.15) is 99.3 Å². The second-order valence-corrected chi connectivity index (χ2v) is 26.9. The molecular weight excluding hydrogens is 1360 g/mol. The zero-order valence-corrected chi connectivity index (χ0v) is 60.7. The molecule has 546 valence electrons. The number of ether oxygens (including phenoxy) is 4. The Kier molecular flexibility index (Phi) is 22.4. The van der Waals surface area contributed by atoms with Gasteiger partial charge in [0.05, 0.1) is 65.9 Å². The molecule has 7 aliphatic rings. The molecule has 10 aromatic rings. The number of carbonyl (C=O) groups is 5. The van der Waals surface area contributed by atoms with Gasteiger partial charge in [-0.3, -0.25) is 24.3 Å². The van der Waals surface area contributed by atoms with E-state index < -0.39 is 0 Å². The minimum absolute atomic E-state index is 0.00270. The van der Waals surface area contributed by atoms with Crippen molar-refractivity contribution in [1.29, 1.82) is 0 Å². The largest absolute Gasteiger partial charge is 0.489 e. The fourth-order valence-corrected chi connectivity index (χ4v) is 13.5. The summed E-state index contributed by atoms with van der Waals surface area (Å²) >= 11 is 0. The minimum Gasteiger partial charge on any atom is -0.489 e. The normalized spacial score (nSPS) is 13.7. The third-order valence-electron chi connectivity index (χ3n) is 18.7. The molecule has 0 spiro atoms. The van der Waals surface area contributed by atoms with E-state index in [-0.39, 0.29) is 29.5 Å². The maximum Gasteiger partial charge on any atom is 0.339 e. The molecule has 17 rings (SSSR count). The van der Waals surface area contributed by atoms with Gasteiger partial charge in [-0.2, -0.15) is 0 Å². The number of hydrogen-bond donors (Lipinski definition) is 9. The number of rotatable bonds is 16. The Labute approximate surface area is 627 Å². The number of hydrogen-bond acceptors (Lipinski definition) is 19. The highest BCUT2D eigenvalue weighted by atomic mass is 16.5. The minimum atomic E-state index is -0.375. The first-order chi connectivity index (χ1) is 52.3. The van der Waals surface area contributed by atoms with Crippen LogP contribution < -0.4 is 62.2 Å². The quantitative estimate of drug-likeness (QED) is 0.0408. The highest BCUT2D eigenvalue weighted by Gasteiger charge is 2.25. The number of fused-ring (bicyclic) bond motifs is 7. The number of amides is 2. The van der Waals surface area contributed by atoms with Gasteiger partial charge in [0, 0.05) is 105 Å². The van der Waals surface area contributed by atoms with E-state index in [1.807, 2.05) is 84.9 Å². The Morgan fingerprint density at radius 2 is 1.05 bits per heavy atom. The van der Waals surface area contributed by atoms with E-state index in [0.29, 0.717) is 54.1 Å². The van der Waals surface area contributed by atoms with Crippen molar-refractivity contribution in [3.63, 3.8) is 0 Å². The van der Waals surface area contributed by atoms with Crippen LogP contribution in [0.15, 0.2) is 250 Å². The van der Waals surface area contributed by atoms with E-state index in [1.165, 1.54) is 65.2 Å². The molecule has 9 aromatic carbocycles. The van der Waals surface area contributed by atoms with E-state index in [1.54, 1.807) is 50.4 Å². The van der Waals surface area contributed by atoms with Crippen LogP contribution in [0.3, 0.4) is 0 Å². The van der Waals surface area contributed by atoms with Crippen LogP contribution in [0.5, 0.6) is 17.2 Å². The lowest BCUT2D eigenvalue weighted by molar-refractivity contribution is -0.116. The smallest absolute Gasteiger partial charge is 0.339 e. The standard InChI is InChI=1S/C21H22N2O.C19H19N3O2.C16H15N3O2.C16H14N2O3.C15H14N2O/c1-14-9-19-12-17(3-5-20(19)22-14)13-23-8-7-18-11-16(10-15(2)24)4-6-21(18)23;1-12-20-17-6-3-13(7-18(17)21-12)9-22-10-15-5-4-14(19(23)24-2)8-16(15)11-22;1-10-18-14-6-3-11(8-15(14)19-10)7-13-5-4-12(9-17-13)16(20)21-2;1-17-16(20)10-2-4-12(5-3-10)21-13-6-7-14-11(8-13)9-15(19)18-14;1-11-16-14-8-7-13(9-15(14)17-11)18-10-12-5-3-2-4-6-12/h3-6,11-12,22H,1,7-10,13H2,2H3;3-8,20-21H,1,9-11H2,2H3;3-6,8-9,18-19H,1,7H2,2H3;2-8H,9H2,1H3,(H,17,20)(H,18,19);2-9,16-17H,1,10H2. The Hall–Kier alpha value is -13.4. The molecule has 7 aliphatic heterocycles. The lowest BCUT2D eigenvalue weighted by Crippen LogP contribution is -2.19. The number of esters is 2. The van der Waals surface area contributed by atoms with E-state index in [9.17, 15) is 24.0 Å². The molecule has 0 unspecified atom stereocenters. The lowest BCUT2D eigenvalue weighted by Gasteiger charge is -2.20. The summed E-state index contributed by atoms with van der Waals surface area (Å²) in [4.78, 5) is 66.2. The molecule has 0 aliphatic carbocycles. The van der Waals surface area contributed by atoms with Gasteiger partial charge in [-0.05, 0) is 184 Å². The Morgan fingerprint density at radius 3 is 1.73 bits per heavy atom. The van der Waals surface area contributed by atoms with Crippen molar-refractivity contribution in [2.45, 2.75) is 71.8 Å². The number of benzene rings is 9. The van der Waals surface area contributed by atoms with Gasteiger partial charge in [-0.25, -0.2) is 9.59 Å². The Balaban J connectivity index is 0.000000119. The zero-order valence-electron chi connectivity index (χ0n) is 60.7. The number of pyridine rings is 1. The topological polar surface area (TPSA) is 250 Å². The summed E-state index contributed by atoms with van der Waals surface area (Å²) < 4.78 is 20.9. The SMILES string of the molecule is C=C1Cc2cc(CN3CCc4cc(CC(C)=O)ccc43)ccc2N1.C=C1Nc2ccc(CN3Cc4ccc(C(=O)OC)cc4C3)cc2N1.C=C1Nc2ccc(Cc3ccc(C(=O)OC)cn3)cc2N1.C=C1Nc2ccc(OCc3ccccc3)cc2N1.CNC(=O)c1ccc(Oc2ccc3c(c2)CC(=O)N3)cc1. The van der Waals surface area contributed by atoms with E-state index in [2.05, 4.69) is 166 Å². The van der Waals surface area contributed by atoms with Crippen molar-refractivity contribution in [2.24, 2.45) is 0 Å². The van der Waals surface area contributed by atoms with Crippen molar-refractivity contribution >= 4 is 80.7 Å². The average Bonchev–Trinajstić information content (AvgIpc) is 1.67. The second kappa shape index (κ2) is 33.1. The third kappa shape index (κ3) is 18.4.